The highest BCUT2D eigenvalue weighted by atomic mass is 16.6. The number of nitro benzene ring substituents is 4. The Labute approximate surface area is 541 Å². The van der Waals surface area contributed by atoms with Gasteiger partial charge in [0.1, 0.15) is 10.8 Å². The van der Waals surface area contributed by atoms with Gasteiger partial charge in [-0.05, 0) is 119 Å². The van der Waals surface area contributed by atoms with Gasteiger partial charge in [-0.2, -0.15) is 0 Å². The SMILES string of the molecule is C.C.CC(C)c1cc2cc(N)ccc2[nH]1.CC(C)c1cc2cc([N+](=O)[O-])ccc2[nH]1.CC(C)c1cc2cc([N+](=O)[O-])ccc2[nH]1.CCCC(=O)Nc1ccc([N+](=O)[O-])cc1C#CC(C)(C)C(=O)OC.CCCC(=O)Nc1ccc([N+](=O)[O-])cc1C#CC(C)(C)C(=O)OC. The van der Waals surface area contributed by atoms with Crippen LogP contribution in [-0.2, 0) is 28.7 Å². The molecule has 7 N–H and O–H groups in total. The highest BCUT2D eigenvalue weighted by molar-refractivity contribution is 5.94. The highest BCUT2D eigenvalue weighted by Gasteiger charge is 2.27. The molecule has 0 unspecified atom stereocenters. The summed E-state index contributed by atoms with van der Waals surface area (Å²) >= 11 is 0. The molecule has 0 saturated heterocycles. The minimum absolute atomic E-state index is 0. The van der Waals surface area contributed by atoms with Crippen molar-refractivity contribution in [3.8, 4) is 23.7 Å². The summed E-state index contributed by atoms with van der Waals surface area (Å²) < 4.78 is 9.35. The molecule has 8 aromatic rings. The summed E-state index contributed by atoms with van der Waals surface area (Å²) in [4.78, 5) is 97.9. The average Bonchev–Trinajstić information content (AvgIpc) is 1.79. The Morgan fingerprint density at radius 2 is 0.774 bits per heavy atom. The maximum absolute atomic E-state index is 11.8. The minimum Gasteiger partial charge on any atom is -0.468 e. The number of nitrogens with one attached hydrogen (secondary N) is 5. The Morgan fingerprint density at radius 1 is 0.484 bits per heavy atom. The first-order valence-corrected chi connectivity index (χ1v) is 29.1. The van der Waals surface area contributed by atoms with Crippen LogP contribution in [0.5, 0.6) is 0 Å². The Morgan fingerprint density at radius 3 is 1.06 bits per heavy atom. The van der Waals surface area contributed by atoms with Gasteiger partial charge in [0.05, 0.1) is 56.4 Å². The molecule has 0 atom stereocenters. The number of nitrogens with two attached hydrogens (primary N) is 1. The van der Waals surface area contributed by atoms with Gasteiger partial charge in [-0.3, -0.25) is 59.6 Å². The fraction of sp³-hybridized carbons (Fsp3) is 0.362. The zero-order valence-corrected chi connectivity index (χ0v) is 53.5. The van der Waals surface area contributed by atoms with Gasteiger partial charge in [-0.1, -0.05) is 93.9 Å². The van der Waals surface area contributed by atoms with E-state index < -0.39 is 32.6 Å². The second-order valence-corrected chi connectivity index (χ2v) is 22.8. The molecule has 0 radical (unpaired) electrons. The lowest BCUT2D eigenvalue weighted by molar-refractivity contribution is -0.385. The number of benzene rings is 5. The van der Waals surface area contributed by atoms with E-state index in [0.29, 0.717) is 54.8 Å². The van der Waals surface area contributed by atoms with Crippen LogP contribution in [0.3, 0.4) is 0 Å². The van der Waals surface area contributed by atoms with Crippen molar-refractivity contribution in [2.75, 3.05) is 30.6 Å². The number of esters is 2. The summed E-state index contributed by atoms with van der Waals surface area (Å²) in [6, 6.07) is 29.7. The van der Waals surface area contributed by atoms with Crippen LogP contribution < -0.4 is 16.4 Å². The van der Waals surface area contributed by atoms with Crippen molar-refractivity contribution >= 4 is 96.3 Å². The largest absolute Gasteiger partial charge is 0.468 e. The van der Waals surface area contributed by atoms with E-state index in [9.17, 15) is 59.6 Å². The van der Waals surface area contributed by atoms with Crippen molar-refractivity contribution in [2.24, 2.45) is 10.8 Å². The van der Waals surface area contributed by atoms with Gasteiger partial charge in [-0.25, -0.2) is 0 Å². The number of fused-ring (bicyclic) bond motifs is 3. The van der Waals surface area contributed by atoms with Crippen LogP contribution >= 0.6 is 0 Å². The summed E-state index contributed by atoms with van der Waals surface area (Å²) in [5.74, 6) is 10.8. The second-order valence-electron chi connectivity index (χ2n) is 22.8. The fourth-order valence-electron chi connectivity index (χ4n) is 8.27. The maximum atomic E-state index is 11.8. The van der Waals surface area contributed by atoms with Crippen molar-refractivity contribution in [1.29, 1.82) is 0 Å². The van der Waals surface area contributed by atoms with Crippen molar-refractivity contribution in [3.63, 3.8) is 0 Å². The molecule has 5 aromatic carbocycles. The Balaban J connectivity index is 0.000000401. The minimum atomic E-state index is -1.08. The molecule has 24 nitrogen and oxygen atoms in total. The van der Waals surface area contributed by atoms with E-state index in [1.165, 1.54) is 73.8 Å². The van der Waals surface area contributed by atoms with Crippen LogP contribution in [0.15, 0.2) is 109 Å². The highest BCUT2D eigenvalue weighted by Crippen LogP contribution is 2.29. The molecule has 0 fully saturated rings. The zero-order valence-electron chi connectivity index (χ0n) is 53.5. The van der Waals surface area contributed by atoms with Gasteiger partial charge in [-0.15, -0.1) is 0 Å². The van der Waals surface area contributed by atoms with Gasteiger partial charge in [0.2, 0.25) is 11.8 Å². The molecular formula is C69H86N10O14. The Kier molecular flexibility index (Phi) is 29.9. The first-order valence-electron chi connectivity index (χ1n) is 29.1. The topological polar surface area (TPSA) is 357 Å². The van der Waals surface area contributed by atoms with Crippen molar-refractivity contribution < 1.29 is 48.3 Å². The number of aromatic amines is 3. The number of rotatable bonds is 15. The van der Waals surface area contributed by atoms with E-state index in [4.69, 9.17) is 5.73 Å². The van der Waals surface area contributed by atoms with Crippen LogP contribution in [0.25, 0.3) is 32.7 Å². The third-order valence-corrected chi connectivity index (χ3v) is 13.5. The lowest BCUT2D eigenvalue weighted by atomic mass is 9.94. The summed E-state index contributed by atoms with van der Waals surface area (Å²) in [6.45, 7) is 22.7. The van der Waals surface area contributed by atoms with Gasteiger partial charge >= 0.3 is 11.9 Å². The molecule has 24 heteroatoms. The molecular weight excluding hydrogens is 1190 g/mol. The first kappa shape index (κ1) is 78.2. The number of carbonyl (C=O) groups excluding carboxylic acids is 4. The number of non-ortho nitro benzene ring substituents is 4. The molecule has 0 aliphatic rings. The quantitative estimate of drug-likeness (QED) is 0.0183. The standard InChI is InChI=1S/2C17H20N2O5.2C11H12N2O2.C11H14N2.2CH4/c2*1-5-6-15(20)18-14-8-7-13(19(22)23)11-12(14)9-10-17(2,3)16(21)24-4;2*1-7(2)11-6-8-5-9(13(14)15)3-4-10(8)12-11;1-7(2)11-6-8-5-9(12)3-4-10(8)13-11;;/h2*7-8,11H,5-6H2,1-4H3,(H,18,20);2*3-7,12H,1-2H3;3-7,13H,12H2,1-2H3;2*1H4. The molecule has 0 bridgehead atoms. The van der Waals surface area contributed by atoms with Crippen molar-refractivity contribution in [3.05, 3.63) is 178 Å². The number of anilines is 3. The molecule has 3 heterocycles. The van der Waals surface area contributed by atoms with Crippen LogP contribution in [0, 0.1) is 75.0 Å². The van der Waals surface area contributed by atoms with E-state index in [-0.39, 0.29) is 70.4 Å². The predicted molar refractivity (Wildman–Crippen MR) is 367 cm³/mol. The number of ether oxygens (including phenoxy) is 2. The molecule has 0 saturated carbocycles. The Hall–Kier alpha value is -10.9. The number of hydrogen-bond donors (Lipinski definition) is 6. The maximum Gasteiger partial charge on any atom is 0.323 e. The normalized spacial score (nSPS) is 10.5. The number of nitrogen functional groups attached to an aromatic ring is 1. The van der Waals surface area contributed by atoms with E-state index in [1.807, 2.05) is 44.2 Å². The van der Waals surface area contributed by atoms with E-state index >= 15 is 0 Å². The number of methoxy groups -OCH3 is 2. The van der Waals surface area contributed by atoms with Crippen LogP contribution in [0.4, 0.5) is 39.8 Å². The Bertz CT molecular complexity index is 3870. The molecule has 2 amide bonds. The van der Waals surface area contributed by atoms with Crippen molar-refractivity contribution in [1.82, 2.24) is 15.0 Å². The number of nitro groups is 4. The average molecular weight is 1280 g/mol. The summed E-state index contributed by atoms with van der Waals surface area (Å²) in [5.41, 5.74) is 12.1. The number of hydrogen-bond acceptors (Lipinski definition) is 15. The summed E-state index contributed by atoms with van der Waals surface area (Å²) in [7, 11) is 2.52. The lowest BCUT2D eigenvalue weighted by Crippen LogP contribution is -2.23. The monoisotopic (exact) mass is 1280 g/mol. The zero-order chi connectivity index (χ0) is 68.1. The van der Waals surface area contributed by atoms with Crippen LogP contribution in [0.1, 0.15) is 170 Å². The number of amides is 2. The smallest absolute Gasteiger partial charge is 0.323 e. The third-order valence-electron chi connectivity index (χ3n) is 13.5. The first-order chi connectivity index (χ1) is 42.7. The van der Waals surface area contributed by atoms with Gasteiger partial charge < -0.3 is 40.8 Å². The molecule has 93 heavy (non-hydrogen) atoms. The molecule has 8 rings (SSSR count). The predicted octanol–water partition coefficient (Wildman–Crippen LogP) is 16.3. The molecule has 0 aliphatic carbocycles. The number of H-pyrrole nitrogens is 3. The van der Waals surface area contributed by atoms with Crippen LogP contribution in [-0.4, -0.2) is 72.6 Å². The number of carbonyl (C=O) groups is 4. The fourth-order valence-corrected chi connectivity index (χ4v) is 8.27. The molecule has 496 valence electrons. The second kappa shape index (κ2) is 35.5. The van der Waals surface area contributed by atoms with E-state index in [1.54, 1.807) is 52.0 Å². The van der Waals surface area contributed by atoms with Crippen LogP contribution in [0.2, 0.25) is 0 Å². The van der Waals surface area contributed by atoms with Gasteiger partial charge in [0.25, 0.3) is 22.7 Å². The van der Waals surface area contributed by atoms with E-state index in [0.717, 1.165) is 44.4 Å². The molecule has 0 spiro atoms. The number of aromatic nitrogens is 3. The number of nitrogens with zero attached hydrogens (tertiary/aromatic N) is 4. The molecule has 3 aromatic heterocycles. The van der Waals surface area contributed by atoms with Gasteiger partial charge in [0.15, 0.2) is 0 Å². The summed E-state index contributed by atoms with van der Waals surface area (Å²) in [6.07, 6.45) is 2.01. The lowest BCUT2D eigenvalue weighted by Gasteiger charge is -2.13. The van der Waals surface area contributed by atoms with Gasteiger partial charge in [0, 0.05) is 117 Å². The summed E-state index contributed by atoms with van der Waals surface area (Å²) in [5, 5.41) is 51.4. The molecule has 0 aliphatic heterocycles. The third kappa shape index (κ3) is 23.1. The van der Waals surface area contributed by atoms with Crippen molar-refractivity contribution in [2.45, 2.75) is 141 Å². The van der Waals surface area contributed by atoms with E-state index in [2.05, 4.69) is 106 Å².